The Morgan fingerprint density at radius 1 is 1.39 bits per heavy atom. The molecular weight excluding hydrogens is 230 g/mol. The molecule has 1 aromatic rings. The number of imidazole rings is 1. The molecule has 1 heterocycles. The monoisotopic (exact) mass is 255 g/mol. The topological polar surface area (TPSA) is 48.3 Å². The Morgan fingerprint density at radius 3 is 2.72 bits per heavy atom. The van der Waals surface area contributed by atoms with E-state index in [1.165, 1.54) is 0 Å². The number of aromatic nitrogens is 2. The Labute approximate surface area is 109 Å². The molecule has 1 rings (SSSR count). The van der Waals surface area contributed by atoms with Crippen molar-refractivity contribution in [3.05, 3.63) is 11.9 Å². The summed E-state index contributed by atoms with van der Waals surface area (Å²) in [4.78, 5) is 4.47. The molecule has 0 aliphatic rings. The van der Waals surface area contributed by atoms with Gasteiger partial charge in [0.25, 0.3) is 0 Å². The summed E-state index contributed by atoms with van der Waals surface area (Å²) in [7, 11) is 1.71. The minimum Gasteiger partial charge on any atom is -0.383 e. The fraction of sp³-hybridized carbons (Fsp3) is 0.769. The first-order valence-corrected chi connectivity index (χ1v) is 6.44. The zero-order valence-corrected chi connectivity index (χ0v) is 12.1. The minimum atomic E-state index is 0.265. The van der Waals surface area contributed by atoms with Crippen molar-refractivity contribution in [2.24, 2.45) is 0 Å². The van der Waals surface area contributed by atoms with E-state index in [1.807, 2.05) is 27.0 Å². The fourth-order valence-electron chi connectivity index (χ4n) is 1.76. The molecule has 0 saturated heterocycles. The van der Waals surface area contributed by atoms with Crippen LogP contribution in [0.3, 0.4) is 0 Å². The van der Waals surface area contributed by atoms with Gasteiger partial charge in [0.1, 0.15) is 0 Å². The molecule has 5 heteroatoms. The Morgan fingerprint density at radius 2 is 2.11 bits per heavy atom. The van der Waals surface area contributed by atoms with Crippen LogP contribution in [-0.4, -0.2) is 42.5 Å². The van der Waals surface area contributed by atoms with Crippen LogP contribution < -0.4 is 5.32 Å². The molecule has 0 aromatic carbocycles. The second kappa shape index (κ2) is 7.38. The van der Waals surface area contributed by atoms with Gasteiger partial charge in [0.15, 0.2) is 0 Å². The van der Waals surface area contributed by atoms with Gasteiger partial charge in [-0.2, -0.15) is 0 Å². The van der Waals surface area contributed by atoms with Gasteiger partial charge in [-0.05, 0) is 27.7 Å². The number of aryl methyl sites for hydroxylation is 1. The van der Waals surface area contributed by atoms with E-state index >= 15 is 0 Å². The SMILES string of the molecule is COCC(C)n1cc(C)nc1NCCOC(C)C. The van der Waals surface area contributed by atoms with Gasteiger partial charge in [-0.25, -0.2) is 4.98 Å². The van der Waals surface area contributed by atoms with Crippen LogP contribution in [0.25, 0.3) is 0 Å². The normalized spacial score (nSPS) is 13.0. The molecule has 1 atom stereocenters. The molecule has 0 amide bonds. The first kappa shape index (κ1) is 15.0. The van der Waals surface area contributed by atoms with Crippen LogP contribution in [0, 0.1) is 6.92 Å². The highest BCUT2D eigenvalue weighted by atomic mass is 16.5. The van der Waals surface area contributed by atoms with E-state index in [1.54, 1.807) is 7.11 Å². The van der Waals surface area contributed by atoms with Crippen LogP contribution in [0.2, 0.25) is 0 Å². The third kappa shape index (κ3) is 4.66. The van der Waals surface area contributed by atoms with E-state index in [9.17, 15) is 0 Å². The largest absolute Gasteiger partial charge is 0.383 e. The lowest BCUT2D eigenvalue weighted by Gasteiger charge is -2.16. The number of ether oxygens (including phenoxy) is 2. The fourth-order valence-corrected chi connectivity index (χ4v) is 1.76. The summed E-state index contributed by atoms with van der Waals surface area (Å²) in [6, 6.07) is 0.268. The molecule has 0 bridgehead atoms. The summed E-state index contributed by atoms with van der Waals surface area (Å²) < 4.78 is 12.8. The van der Waals surface area contributed by atoms with E-state index in [0.29, 0.717) is 13.2 Å². The Hall–Kier alpha value is -1.07. The van der Waals surface area contributed by atoms with Crippen LogP contribution in [-0.2, 0) is 9.47 Å². The zero-order valence-electron chi connectivity index (χ0n) is 12.1. The van der Waals surface area contributed by atoms with Crippen molar-refractivity contribution in [1.82, 2.24) is 9.55 Å². The Bertz CT molecular complexity index is 350. The van der Waals surface area contributed by atoms with Crippen molar-refractivity contribution in [2.75, 3.05) is 32.2 Å². The van der Waals surface area contributed by atoms with Crippen LogP contribution in [0.5, 0.6) is 0 Å². The predicted octanol–water partition coefficient (Wildman–Crippen LogP) is 2.24. The molecule has 0 fully saturated rings. The molecule has 0 radical (unpaired) electrons. The molecule has 1 N–H and O–H groups in total. The number of rotatable bonds is 8. The highest BCUT2D eigenvalue weighted by molar-refractivity contribution is 5.29. The number of hydrogen-bond donors (Lipinski definition) is 1. The highest BCUT2D eigenvalue weighted by Gasteiger charge is 2.11. The van der Waals surface area contributed by atoms with Gasteiger partial charge in [-0.3, -0.25) is 0 Å². The molecule has 0 aliphatic carbocycles. The number of nitrogens with one attached hydrogen (secondary N) is 1. The van der Waals surface area contributed by atoms with Crippen LogP contribution >= 0.6 is 0 Å². The number of hydrogen-bond acceptors (Lipinski definition) is 4. The van der Waals surface area contributed by atoms with E-state index in [4.69, 9.17) is 9.47 Å². The lowest BCUT2D eigenvalue weighted by molar-refractivity contribution is 0.0869. The van der Waals surface area contributed by atoms with Crippen molar-refractivity contribution in [2.45, 2.75) is 39.8 Å². The second-order valence-electron chi connectivity index (χ2n) is 4.76. The lowest BCUT2D eigenvalue weighted by Crippen LogP contribution is -2.18. The minimum absolute atomic E-state index is 0.265. The first-order chi connectivity index (χ1) is 8.54. The molecule has 5 nitrogen and oxygen atoms in total. The standard InChI is InChI=1S/C13H25N3O2/c1-10(2)18-7-6-14-13-15-11(3)8-16(13)12(4)9-17-5/h8,10,12H,6-7,9H2,1-5H3,(H,14,15). The smallest absolute Gasteiger partial charge is 0.203 e. The van der Waals surface area contributed by atoms with Crippen molar-refractivity contribution < 1.29 is 9.47 Å². The third-order valence-corrected chi connectivity index (χ3v) is 2.57. The number of anilines is 1. The maximum absolute atomic E-state index is 5.49. The molecule has 0 spiro atoms. The van der Waals surface area contributed by atoms with Gasteiger partial charge >= 0.3 is 0 Å². The second-order valence-corrected chi connectivity index (χ2v) is 4.76. The summed E-state index contributed by atoms with van der Waals surface area (Å²) >= 11 is 0. The van der Waals surface area contributed by atoms with E-state index < -0.39 is 0 Å². The molecular formula is C13H25N3O2. The molecule has 1 aromatic heterocycles. The van der Waals surface area contributed by atoms with Crippen molar-refractivity contribution in [3.63, 3.8) is 0 Å². The first-order valence-electron chi connectivity index (χ1n) is 6.44. The van der Waals surface area contributed by atoms with E-state index in [0.717, 1.165) is 18.2 Å². The van der Waals surface area contributed by atoms with Gasteiger partial charge in [0, 0.05) is 19.9 Å². The van der Waals surface area contributed by atoms with Gasteiger partial charge in [-0.15, -0.1) is 0 Å². The molecule has 104 valence electrons. The number of nitrogens with zero attached hydrogens (tertiary/aromatic N) is 2. The Balaban J connectivity index is 2.53. The van der Waals surface area contributed by atoms with E-state index in [2.05, 4.69) is 21.8 Å². The Kier molecular flexibility index (Phi) is 6.15. The predicted molar refractivity (Wildman–Crippen MR) is 73.1 cm³/mol. The summed E-state index contributed by atoms with van der Waals surface area (Å²) in [6.45, 7) is 10.3. The quantitative estimate of drug-likeness (QED) is 0.724. The summed E-state index contributed by atoms with van der Waals surface area (Å²) in [6.07, 6.45) is 2.30. The molecule has 0 saturated carbocycles. The van der Waals surface area contributed by atoms with Gasteiger partial charge < -0.3 is 19.4 Å². The van der Waals surface area contributed by atoms with Crippen molar-refractivity contribution in [3.8, 4) is 0 Å². The maximum atomic E-state index is 5.49. The van der Waals surface area contributed by atoms with Crippen LogP contribution in [0.4, 0.5) is 5.95 Å². The number of methoxy groups -OCH3 is 1. The molecule has 1 unspecified atom stereocenters. The molecule has 0 aliphatic heterocycles. The van der Waals surface area contributed by atoms with Crippen LogP contribution in [0.15, 0.2) is 6.20 Å². The van der Waals surface area contributed by atoms with Crippen molar-refractivity contribution >= 4 is 5.95 Å². The van der Waals surface area contributed by atoms with Gasteiger partial charge in [0.2, 0.25) is 5.95 Å². The average molecular weight is 255 g/mol. The van der Waals surface area contributed by atoms with Gasteiger partial charge in [0.05, 0.1) is 31.1 Å². The molecule has 18 heavy (non-hydrogen) atoms. The zero-order chi connectivity index (χ0) is 13.5. The third-order valence-electron chi connectivity index (χ3n) is 2.57. The maximum Gasteiger partial charge on any atom is 0.203 e. The summed E-state index contributed by atoms with van der Waals surface area (Å²) in [5.74, 6) is 0.879. The van der Waals surface area contributed by atoms with Crippen molar-refractivity contribution in [1.29, 1.82) is 0 Å². The summed E-state index contributed by atoms with van der Waals surface area (Å²) in [5.41, 5.74) is 1.00. The van der Waals surface area contributed by atoms with E-state index in [-0.39, 0.29) is 12.1 Å². The summed E-state index contributed by atoms with van der Waals surface area (Å²) in [5, 5.41) is 3.30. The van der Waals surface area contributed by atoms with Gasteiger partial charge in [-0.1, -0.05) is 0 Å². The average Bonchev–Trinajstić information content (AvgIpc) is 2.66. The lowest BCUT2D eigenvalue weighted by atomic mass is 10.3. The van der Waals surface area contributed by atoms with Crippen LogP contribution in [0.1, 0.15) is 32.5 Å². The highest BCUT2D eigenvalue weighted by Crippen LogP contribution is 2.15.